The van der Waals surface area contributed by atoms with E-state index in [9.17, 15) is 28.2 Å². The number of carboxylic acid groups (broad SMARTS) is 1. The molecule has 0 radical (unpaired) electrons. The predicted octanol–water partition coefficient (Wildman–Crippen LogP) is 5.15. The lowest BCUT2D eigenvalue weighted by Crippen LogP contribution is -2.41. The Labute approximate surface area is 237 Å². The highest BCUT2D eigenvalue weighted by Crippen LogP contribution is 2.43. The van der Waals surface area contributed by atoms with Gasteiger partial charge in [0.2, 0.25) is 0 Å². The number of aliphatic hydroxyl groups is 1. The van der Waals surface area contributed by atoms with E-state index in [1.807, 2.05) is 42.1 Å². The van der Waals surface area contributed by atoms with E-state index in [2.05, 4.69) is 16.8 Å². The molecule has 2 aromatic carbocycles. The molecule has 1 unspecified atom stereocenters. The molecule has 41 heavy (non-hydrogen) atoms. The number of carbonyl (C=O) groups is 1. The molecule has 0 aliphatic carbocycles. The fourth-order valence-corrected chi connectivity index (χ4v) is 5.53. The van der Waals surface area contributed by atoms with Crippen molar-refractivity contribution < 1.29 is 32.9 Å². The highest BCUT2D eigenvalue weighted by atomic mass is 19.1. The zero-order valence-corrected chi connectivity index (χ0v) is 23.4. The first-order valence-electron chi connectivity index (χ1n) is 13.4. The Morgan fingerprint density at radius 1 is 1.17 bits per heavy atom. The molecule has 2 heterocycles. The second kappa shape index (κ2) is 12.8. The molecule has 4 rings (SSSR count). The van der Waals surface area contributed by atoms with Crippen molar-refractivity contribution in [3.63, 3.8) is 0 Å². The third-order valence-corrected chi connectivity index (χ3v) is 7.82. The summed E-state index contributed by atoms with van der Waals surface area (Å²) in [5, 5.41) is 22.0. The van der Waals surface area contributed by atoms with Gasteiger partial charge in [0.1, 0.15) is 23.2 Å². The molecule has 0 saturated carbocycles. The molecule has 1 aromatic heterocycles. The summed E-state index contributed by atoms with van der Waals surface area (Å²) in [7, 11) is 5.33. The van der Waals surface area contributed by atoms with Gasteiger partial charge in [0, 0.05) is 37.2 Å². The number of hydrogen-bond donors (Lipinski definition) is 2. The van der Waals surface area contributed by atoms with Crippen molar-refractivity contribution in [3.8, 4) is 17.6 Å². The number of halogens is 3. The maximum Gasteiger partial charge on any atom is 0.303 e. The van der Waals surface area contributed by atoms with Gasteiger partial charge in [0.15, 0.2) is 0 Å². The Kier molecular flexibility index (Phi) is 9.41. The van der Waals surface area contributed by atoms with E-state index in [-0.39, 0.29) is 13.0 Å². The van der Waals surface area contributed by atoms with Crippen LogP contribution < -0.4 is 9.64 Å². The number of fused-ring (bicyclic) bond motifs is 1. The van der Waals surface area contributed by atoms with Crippen LogP contribution in [0.15, 0.2) is 36.5 Å². The standard InChI is InChI=1S/C31H34F3N3O4/c1-36(2)27-19-35-26-7-6-21(41-3)17-23(26)30(27)28(38)8-9-31(18-29(39)40)10-13-37(14-11-31)12-4-5-22-24(33)15-20(32)16-25(22)34/h6-7,15-17,19,28,38H,8-14,18H2,1-3H3,(H,39,40). The quantitative estimate of drug-likeness (QED) is 0.345. The normalized spacial score (nSPS) is 15.7. The number of anilines is 1. The predicted molar refractivity (Wildman–Crippen MR) is 150 cm³/mol. The second-order valence-electron chi connectivity index (χ2n) is 10.8. The first kappa shape index (κ1) is 30.2. The van der Waals surface area contributed by atoms with Crippen molar-refractivity contribution in [1.29, 1.82) is 0 Å². The first-order chi connectivity index (χ1) is 19.5. The molecule has 1 aliphatic heterocycles. The second-order valence-corrected chi connectivity index (χ2v) is 10.8. The van der Waals surface area contributed by atoms with Crippen LogP contribution in [0.5, 0.6) is 5.75 Å². The Morgan fingerprint density at radius 2 is 1.85 bits per heavy atom. The fraction of sp³-hybridized carbons (Fsp3) is 0.419. The number of piperidine rings is 1. The first-order valence-corrected chi connectivity index (χ1v) is 13.4. The lowest BCUT2D eigenvalue weighted by Gasteiger charge is -2.41. The minimum Gasteiger partial charge on any atom is -0.497 e. The number of ether oxygens (including phenoxy) is 1. The molecule has 3 aromatic rings. The summed E-state index contributed by atoms with van der Waals surface area (Å²) in [6.45, 7) is 1.33. The maximum atomic E-state index is 13.9. The van der Waals surface area contributed by atoms with Crippen LogP contribution in [0, 0.1) is 34.7 Å². The van der Waals surface area contributed by atoms with Crippen LogP contribution >= 0.6 is 0 Å². The third-order valence-electron chi connectivity index (χ3n) is 7.82. The highest BCUT2D eigenvalue weighted by Gasteiger charge is 2.37. The molecule has 1 atom stereocenters. The minimum absolute atomic E-state index is 0.0311. The van der Waals surface area contributed by atoms with Gasteiger partial charge in [-0.1, -0.05) is 11.8 Å². The molecular formula is C31H34F3N3O4. The fourth-order valence-electron chi connectivity index (χ4n) is 5.53. The van der Waals surface area contributed by atoms with Crippen LogP contribution in [0.3, 0.4) is 0 Å². The van der Waals surface area contributed by atoms with Gasteiger partial charge in [-0.2, -0.15) is 0 Å². The third kappa shape index (κ3) is 7.10. The van der Waals surface area contributed by atoms with Crippen LogP contribution in [0.2, 0.25) is 0 Å². The van der Waals surface area contributed by atoms with Gasteiger partial charge < -0.3 is 19.8 Å². The van der Waals surface area contributed by atoms with E-state index in [0.29, 0.717) is 56.7 Å². The summed E-state index contributed by atoms with van der Waals surface area (Å²) in [6.07, 6.45) is 2.82. The number of aromatic nitrogens is 1. The van der Waals surface area contributed by atoms with E-state index >= 15 is 0 Å². The van der Waals surface area contributed by atoms with Crippen LogP contribution in [-0.4, -0.2) is 66.9 Å². The molecule has 0 bridgehead atoms. The summed E-state index contributed by atoms with van der Waals surface area (Å²) < 4.78 is 46.3. The van der Waals surface area contributed by atoms with Crippen molar-refractivity contribution in [2.75, 3.05) is 45.7 Å². The van der Waals surface area contributed by atoms with Crippen LogP contribution in [-0.2, 0) is 4.79 Å². The topological polar surface area (TPSA) is 86.1 Å². The zero-order chi connectivity index (χ0) is 29.7. The number of carboxylic acids is 1. The van der Waals surface area contributed by atoms with Crippen molar-refractivity contribution in [3.05, 3.63) is 65.1 Å². The molecule has 218 valence electrons. The van der Waals surface area contributed by atoms with E-state index in [0.717, 1.165) is 22.2 Å². The molecule has 0 amide bonds. The average Bonchev–Trinajstić information content (AvgIpc) is 2.92. The van der Waals surface area contributed by atoms with Gasteiger partial charge in [0.05, 0.1) is 49.1 Å². The number of rotatable bonds is 9. The van der Waals surface area contributed by atoms with Crippen molar-refractivity contribution in [2.24, 2.45) is 5.41 Å². The van der Waals surface area contributed by atoms with Gasteiger partial charge >= 0.3 is 5.97 Å². The van der Waals surface area contributed by atoms with E-state index in [4.69, 9.17) is 4.74 Å². The van der Waals surface area contributed by atoms with Gasteiger partial charge in [-0.05, 0) is 62.4 Å². The van der Waals surface area contributed by atoms with E-state index < -0.39 is 40.5 Å². The van der Waals surface area contributed by atoms with Crippen molar-refractivity contribution in [2.45, 2.75) is 38.2 Å². The van der Waals surface area contributed by atoms with E-state index in [1.165, 1.54) is 0 Å². The summed E-state index contributed by atoms with van der Waals surface area (Å²) >= 11 is 0. The summed E-state index contributed by atoms with van der Waals surface area (Å²) in [6, 6.07) is 6.69. The van der Waals surface area contributed by atoms with Gasteiger partial charge in [-0.25, -0.2) is 13.2 Å². The zero-order valence-electron chi connectivity index (χ0n) is 23.4. The number of hydrogen-bond acceptors (Lipinski definition) is 6. The highest BCUT2D eigenvalue weighted by molar-refractivity contribution is 5.88. The Morgan fingerprint density at radius 3 is 2.46 bits per heavy atom. The number of benzene rings is 2. The number of aliphatic carboxylic acids is 1. The summed E-state index contributed by atoms with van der Waals surface area (Å²) in [5.41, 5.74) is 1.21. The Bertz CT molecular complexity index is 1450. The van der Waals surface area contributed by atoms with Gasteiger partial charge in [-0.15, -0.1) is 0 Å². The van der Waals surface area contributed by atoms with Crippen LogP contribution in [0.25, 0.3) is 10.9 Å². The molecule has 1 aliphatic rings. The Hall–Kier alpha value is -3.81. The average molecular weight is 570 g/mol. The summed E-state index contributed by atoms with van der Waals surface area (Å²) in [5.74, 6) is 1.84. The van der Waals surface area contributed by atoms with Gasteiger partial charge in [-0.3, -0.25) is 14.7 Å². The largest absolute Gasteiger partial charge is 0.497 e. The van der Waals surface area contributed by atoms with Crippen molar-refractivity contribution >= 4 is 22.6 Å². The van der Waals surface area contributed by atoms with Crippen LogP contribution in [0.1, 0.15) is 49.3 Å². The summed E-state index contributed by atoms with van der Waals surface area (Å²) in [4.78, 5) is 20.3. The Balaban J connectivity index is 1.48. The number of nitrogens with zero attached hydrogens (tertiary/aromatic N) is 3. The van der Waals surface area contributed by atoms with Crippen LogP contribution in [0.4, 0.5) is 18.9 Å². The molecule has 2 N–H and O–H groups in total. The molecule has 7 nitrogen and oxygen atoms in total. The van der Waals surface area contributed by atoms with Crippen molar-refractivity contribution in [1.82, 2.24) is 9.88 Å². The molecule has 1 saturated heterocycles. The molecule has 0 spiro atoms. The smallest absolute Gasteiger partial charge is 0.303 e. The number of methoxy groups -OCH3 is 1. The molecule has 10 heteroatoms. The van der Waals surface area contributed by atoms with E-state index in [1.54, 1.807) is 13.3 Å². The maximum absolute atomic E-state index is 13.9. The number of aliphatic hydroxyl groups excluding tert-OH is 1. The molecular weight excluding hydrogens is 535 g/mol. The minimum atomic E-state index is -1.05. The van der Waals surface area contributed by atoms with Gasteiger partial charge in [0.25, 0.3) is 0 Å². The number of pyridine rings is 1. The SMILES string of the molecule is COc1ccc2ncc(N(C)C)c(C(O)CCC3(CC(=O)O)CCN(CC#Cc4c(F)cc(F)cc4F)CC3)c2c1. The monoisotopic (exact) mass is 569 g/mol. The lowest BCUT2D eigenvalue weighted by atomic mass is 9.71. The number of likely N-dealkylation sites (tertiary alicyclic amines) is 1. The lowest BCUT2D eigenvalue weighted by molar-refractivity contribution is -0.141. The molecule has 1 fully saturated rings.